The number of allylic oxidation sites excluding steroid dienone is 1. The van der Waals surface area contributed by atoms with Gasteiger partial charge < -0.3 is 4.90 Å². The number of anilines is 1. The van der Waals surface area contributed by atoms with Crippen molar-refractivity contribution in [3.8, 4) is 6.07 Å². The van der Waals surface area contributed by atoms with E-state index in [0.717, 1.165) is 25.2 Å². The number of hydrogen-bond acceptors (Lipinski definition) is 8. The summed E-state index contributed by atoms with van der Waals surface area (Å²) in [7, 11) is 0. The number of likely N-dealkylation sites (N-methyl/N-ethyl adjacent to an activating group) is 1. The fraction of sp³-hybridized carbons (Fsp3) is 0.385. The number of benzene rings is 2. The second-order valence-corrected chi connectivity index (χ2v) is 9.01. The van der Waals surface area contributed by atoms with E-state index in [0.29, 0.717) is 33.8 Å². The van der Waals surface area contributed by atoms with Gasteiger partial charge in [0.2, 0.25) is 0 Å². The lowest BCUT2D eigenvalue weighted by molar-refractivity contribution is -0.319. The highest BCUT2D eigenvalue weighted by atomic mass is 32.2. The Hall–Kier alpha value is -3.04. The van der Waals surface area contributed by atoms with Gasteiger partial charge in [0.05, 0.1) is 23.8 Å². The molecule has 1 aliphatic rings. The maximum absolute atomic E-state index is 13.5. The number of halogens is 3. The molecule has 198 valence electrons. The molecule has 0 fully saturated rings. The van der Waals surface area contributed by atoms with Crippen molar-refractivity contribution >= 4 is 22.6 Å². The van der Waals surface area contributed by atoms with E-state index in [4.69, 9.17) is 9.83 Å². The summed E-state index contributed by atoms with van der Waals surface area (Å²) in [4.78, 5) is 14.2. The van der Waals surface area contributed by atoms with Gasteiger partial charge in [-0.1, -0.05) is 43.8 Å². The van der Waals surface area contributed by atoms with Crippen molar-refractivity contribution in [1.29, 1.82) is 5.26 Å². The molecule has 1 atom stereocenters. The van der Waals surface area contributed by atoms with Crippen LogP contribution in [-0.4, -0.2) is 53.0 Å². The number of nitriles is 1. The van der Waals surface area contributed by atoms with E-state index in [9.17, 15) is 23.6 Å². The van der Waals surface area contributed by atoms with Gasteiger partial charge in [0, 0.05) is 17.9 Å². The lowest BCUT2D eigenvalue weighted by atomic mass is 10.00. The van der Waals surface area contributed by atoms with Crippen LogP contribution in [0.4, 0.5) is 18.9 Å². The molecule has 1 aliphatic heterocycles. The second-order valence-electron chi connectivity index (χ2n) is 8.24. The lowest BCUT2D eigenvalue weighted by Crippen LogP contribution is -2.38. The average molecular weight is 534 g/mol. The molecule has 1 heterocycles. The molecule has 2 aromatic rings. The highest BCUT2D eigenvalue weighted by molar-refractivity contribution is 8.13. The van der Waals surface area contributed by atoms with E-state index in [1.54, 1.807) is 48.4 Å². The SMILES string of the molecule is CCN(CC)CCON(O)C1=C(C)N(c2cccc(C(F)(F)F)c2)C(SC)=NC1c1ccc(C#N)cc1. The van der Waals surface area contributed by atoms with Gasteiger partial charge in [-0.25, -0.2) is 9.83 Å². The third-order valence-corrected chi connectivity index (χ3v) is 6.74. The smallest absolute Gasteiger partial charge is 0.301 e. The first-order valence-electron chi connectivity index (χ1n) is 11.8. The first-order valence-corrected chi connectivity index (χ1v) is 13.0. The zero-order chi connectivity index (χ0) is 27.2. The Morgan fingerprint density at radius 3 is 2.41 bits per heavy atom. The molecule has 37 heavy (non-hydrogen) atoms. The minimum atomic E-state index is -4.51. The van der Waals surface area contributed by atoms with Crippen LogP contribution in [0.3, 0.4) is 0 Å². The zero-order valence-corrected chi connectivity index (χ0v) is 22.0. The molecule has 0 bridgehead atoms. The predicted octanol–water partition coefficient (Wildman–Crippen LogP) is 6.05. The van der Waals surface area contributed by atoms with Crippen molar-refractivity contribution in [3.05, 3.63) is 76.6 Å². The average Bonchev–Trinajstić information content (AvgIpc) is 2.90. The number of alkyl halides is 3. The molecular weight excluding hydrogens is 503 g/mol. The van der Waals surface area contributed by atoms with E-state index in [1.165, 1.54) is 17.8 Å². The highest BCUT2D eigenvalue weighted by Crippen LogP contribution is 2.40. The van der Waals surface area contributed by atoms with Gasteiger partial charge in [-0.15, -0.1) is 5.23 Å². The molecule has 0 spiro atoms. The molecule has 1 N–H and O–H groups in total. The van der Waals surface area contributed by atoms with E-state index in [1.807, 2.05) is 13.8 Å². The van der Waals surface area contributed by atoms with Gasteiger partial charge in [0.25, 0.3) is 0 Å². The van der Waals surface area contributed by atoms with Crippen molar-refractivity contribution in [2.75, 3.05) is 37.4 Å². The van der Waals surface area contributed by atoms with Crippen LogP contribution in [-0.2, 0) is 11.0 Å². The lowest BCUT2D eigenvalue weighted by Gasteiger charge is -2.37. The van der Waals surface area contributed by atoms with Crippen LogP contribution in [0.15, 0.2) is 64.9 Å². The summed E-state index contributed by atoms with van der Waals surface area (Å²) in [5.41, 5.74) is 1.35. The normalized spacial score (nSPS) is 16.2. The van der Waals surface area contributed by atoms with Gasteiger partial charge in [-0.2, -0.15) is 18.4 Å². The Morgan fingerprint density at radius 1 is 1.16 bits per heavy atom. The predicted molar refractivity (Wildman–Crippen MR) is 139 cm³/mol. The van der Waals surface area contributed by atoms with Crippen LogP contribution in [0, 0.1) is 11.3 Å². The number of amidine groups is 1. The Labute approximate surface area is 219 Å². The fourth-order valence-corrected chi connectivity index (χ4v) is 4.67. The maximum atomic E-state index is 13.5. The summed E-state index contributed by atoms with van der Waals surface area (Å²) in [6, 6.07) is 13.1. The Bertz CT molecular complexity index is 1170. The number of hydroxylamine groups is 2. The van der Waals surface area contributed by atoms with Gasteiger partial charge in [-0.3, -0.25) is 10.1 Å². The van der Waals surface area contributed by atoms with Crippen molar-refractivity contribution in [3.63, 3.8) is 0 Å². The molecule has 2 aromatic carbocycles. The molecule has 0 saturated carbocycles. The van der Waals surface area contributed by atoms with E-state index < -0.39 is 17.8 Å². The van der Waals surface area contributed by atoms with E-state index >= 15 is 0 Å². The van der Waals surface area contributed by atoms with E-state index in [-0.39, 0.29) is 18.0 Å². The minimum absolute atomic E-state index is 0.192. The van der Waals surface area contributed by atoms with Gasteiger partial charge in [-0.05, 0) is 62.2 Å². The molecule has 0 amide bonds. The van der Waals surface area contributed by atoms with E-state index in [2.05, 4.69) is 11.0 Å². The molecule has 0 aromatic heterocycles. The number of aliphatic imine (C=N–C) groups is 1. The Morgan fingerprint density at radius 2 is 1.84 bits per heavy atom. The quantitative estimate of drug-likeness (QED) is 0.393. The van der Waals surface area contributed by atoms with Crippen LogP contribution in [0.2, 0.25) is 0 Å². The van der Waals surface area contributed by atoms with Crippen molar-refractivity contribution in [2.45, 2.75) is 33.0 Å². The molecular formula is C26H30F3N5O2S. The van der Waals surface area contributed by atoms with Crippen molar-refractivity contribution in [2.24, 2.45) is 4.99 Å². The number of nitrogens with zero attached hydrogens (tertiary/aromatic N) is 5. The fourth-order valence-electron chi connectivity index (χ4n) is 4.04. The molecule has 3 rings (SSSR count). The topological polar surface area (TPSA) is 75.3 Å². The van der Waals surface area contributed by atoms with Gasteiger partial charge >= 0.3 is 6.18 Å². The second kappa shape index (κ2) is 12.5. The highest BCUT2D eigenvalue weighted by Gasteiger charge is 2.36. The summed E-state index contributed by atoms with van der Waals surface area (Å²) >= 11 is 1.27. The van der Waals surface area contributed by atoms with Gasteiger partial charge in [0.15, 0.2) is 5.17 Å². The third-order valence-electron chi connectivity index (χ3n) is 6.09. The van der Waals surface area contributed by atoms with Crippen molar-refractivity contribution in [1.82, 2.24) is 10.1 Å². The summed E-state index contributed by atoms with van der Waals surface area (Å²) < 4.78 is 40.4. The zero-order valence-electron chi connectivity index (χ0n) is 21.2. The monoisotopic (exact) mass is 533 g/mol. The summed E-state index contributed by atoms with van der Waals surface area (Å²) in [6.07, 6.45) is -2.73. The van der Waals surface area contributed by atoms with Crippen LogP contribution >= 0.6 is 11.8 Å². The van der Waals surface area contributed by atoms with Gasteiger partial charge in [0.1, 0.15) is 11.7 Å². The minimum Gasteiger partial charge on any atom is -0.301 e. The molecule has 11 heteroatoms. The summed E-state index contributed by atoms with van der Waals surface area (Å²) in [6.45, 7) is 8.18. The van der Waals surface area contributed by atoms with Crippen LogP contribution < -0.4 is 4.90 Å². The summed E-state index contributed by atoms with van der Waals surface area (Å²) in [5.74, 6) is 0. The molecule has 0 saturated heterocycles. The standard InChI is InChI=1S/C26H30F3N5O2S/c1-5-32(6-2)14-15-36-34(35)24-18(3)33(22-9-7-8-21(16-22)26(27,28)29)25(37-4)31-23(24)20-12-10-19(17-30)11-13-20/h7-13,16,23,35H,5-6,14-15H2,1-4H3. The molecule has 1 unspecified atom stereocenters. The molecule has 0 aliphatic carbocycles. The van der Waals surface area contributed by atoms with Crippen LogP contribution in [0.25, 0.3) is 0 Å². The Kier molecular flexibility index (Phi) is 9.62. The first-order chi connectivity index (χ1) is 17.6. The number of rotatable bonds is 9. The molecule has 0 radical (unpaired) electrons. The van der Waals surface area contributed by atoms with Crippen molar-refractivity contribution < 1.29 is 23.2 Å². The molecule has 7 nitrogen and oxygen atoms in total. The van der Waals surface area contributed by atoms with Crippen LogP contribution in [0.1, 0.15) is 43.5 Å². The van der Waals surface area contributed by atoms with Crippen LogP contribution in [0.5, 0.6) is 0 Å². The summed E-state index contributed by atoms with van der Waals surface area (Å²) in [5, 5.41) is 21.3. The third kappa shape index (κ3) is 6.64. The maximum Gasteiger partial charge on any atom is 0.416 e. The first kappa shape index (κ1) is 28.5. The number of thioether (sulfide) groups is 1. The largest absolute Gasteiger partial charge is 0.416 e. The number of hydrogen-bond donors (Lipinski definition) is 1. The Balaban J connectivity index is 2.07.